The molecule has 1 heterocycles. The van der Waals surface area contributed by atoms with Crippen LogP contribution in [0.25, 0.3) is 0 Å². The molecule has 0 unspecified atom stereocenters. The lowest BCUT2D eigenvalue weighted by molar-refractivity contribution is 0.729. The third kappa shape index (κ3) is 1.72. The minimum Gasteiger partial charge on any atom is -0.260 e. The molecule has 0 bridgehead atoms. The van der Waals surface area contributed by atoms with Crippen LogP contribution in [0.3, 0.4) is 0 Å². The van der Waals surface area contributed by atoms with Gasteiger partial charge in [-0.05, 0) is 19.1 Å². The van der Waals surface area contributed by atoms with E-state index in [4.69, 9.17) is 0 Å². The van der Waals surface area contributed by atoms with Crippen LogP contribution in [0.1, 0.15) is 18.7 Å². The molecule has 1 rings (SSSR count). The summed E-state index contributed by atoms with van der Waals surface area (Å²) < 4.78 is 2.81. The molecule has 0 saturated carbocycles. The summed E-state index contributed by atoms with van der Waals surface area (Å²) in [5.74, 6) is 0. The molecular weight excluding hydrogens is 144 g/mol. The summed E-state index contributed by atoms with van der Waals surface area (Å²) in [6.45, 7) is 2.01. The van der Waals surface area contributed by atoms with Crippen molar-refractivity contribution in [2.75, 3.05) is 0 Å². The van der Waals surface area contributed by atoms with Gasteiger partial charge in [0.05, 0.1) is 11.7 Å². The molecule has 0 radical (unpaired) electrons. The highest BCUT2D eigenvalue weighted by atomic mass is 32.1. The van der Waals surface area contributed by atoms with Gasteiger partial charge in [-0.1, -0.05) is 18.9 Å². The lowest BCUT2D eigenvalue weighted by Crippen LogP contribution is -2.07. The van der Waals surface area contributed by atoms with Crippen LogP contribution in [0.2, 0.25) is 0 Å². The first-order valence-electron chi connectivity index (χ1n) is 3.15. The minimum atomic E-state index is 0.213. The maximum atomic E-state index is 4.14. The van der Waals surface area contributed by atoms with E-state index in [1.807, 2.05) is 25.1 Å². The Morgan fingerprint density at radius 3 is 2.90 bits per heavy atom. The highest BCUT2D eigenvalue weighted by molar-refractivity contribution is 7.78. The summed E-state index contributed by atoms with van der Waals surface area (Å²) in [7, 11) is 0. The van der Waals surface area contributed by atoms with Crippen LogP contribution in [-0.2, 0) is 0 Å². The van der Waals surface area contributed by atoms with Crippen LogP contribution in [0.15, 0.2) is 24.4 Å². The van der Waals surface area contributed by atoms with Gasteiger partial charge in [0.15, 0.2) is 0 Å². The highest BCUT2D eigenvalue weighted by Crippen LogP contribution is 2.07. The fraction of sp³-hybridized carbons (Fsp3) is 0.286. The van der Waals surface area contributed by atoms with Crippen molar-refractivity contribution in [3.05, 3.63) is 30.1 Å². The van der Waals surface area contributed by atoms with Crippen LogP contribution < -0.4 is 4.72 Å². The maximum absolute atomic E-state index is 4.14. The first-order valence-corrected chi connectivity index (χ1v) is 3.60. The van der Waals surface area contributed by atoms with Crippen molar-refractivity contribution in [3.8, 4) is 0 Å². The van der Waals surface area contributed by atoms with E-state index in [-0.39, 0.29) is 6.04 Å². The molecule has 0 aliphatic carbocycles. The van der Waals surface area contributed by atoms with E-state index in [1.54, 1.807) is 6.20 Å². The molecule has 1 atom stereocenters. The third-order valence-corrected chi connectivity index (χ3v) is 1.71. The topological polar surface area (TPSA) is 24.9 Å². The predicted octanol–water partition coefficient (Wildman–Crippen LogP) is 1.58. The van der Waals surface area contributed by atoms with Crippen molar-refractivity contribution in [2.45, 2.75) is 13.0 Å². The summed E-state index contributed by atoms with van der Waals surface area (Å²) in [5.41, 5.74) is 1.01. The van der Waals surface area contributed by atoms with Crippen molar-refractivity contribution >= 4 is 12.8 Å². The van der Waals surface area contributed by atoms with E-state index in [1.165, 1.54) is 0 Å². The fourth-order valence-corrected chi connectivity index (χ4v) is 0.831. The van der Waals surface area contributed by atoms with E-state index in [0.29, 0.717) is 0 Å². The Labute approximate surface area is 66.2 Å². The molecule has 0 amide bonds. The molecule has 10 heavy (non-hydrogen) atoms. The van der Waals surface area contributed by atoms with Crippen molar-refractivity contribution < 1.29 is 0 Å². The Bertz CT molecular complexity index is 188. The Morgan fingerprint density at radius 2 is 2.40 bits per heavy atom. The number of pyridine rings is 1. The second kappa shape index (κ2) is 3.58. The second-order valence-electron chi connectivity index (χ2n) is 2.11. The Balaban J connectivity index is 2.75. The van der Waals surface area contributed by atoms with E-state index >= 15 is 0 Å². The van der Waals surface area contributed by atoms with E-state index in [0.717, 1.165) is 5.69 Å². The molecule has 1 N–H and O–H groups in total. The van der Waals surface area contributed by atoms with Crippen molar-refractivity contribution in [1.82, 2.24) is 9.71 Å². The Kier molecular flexibility index (Phi) is 2.71. The van der Waals surface area contributed by atoms with E-state index in [2.05, 4.69) is 22.5 Å². The number of nitrogens with zero attached hydrogens (tertiary/aromatic N) is 1. The van der Waals surface area contributed by atoms with Crippen molar-refractivity contribution in [2.24, 2.45) is 0 Å². The van der Waals surface area contributed by atoms with Gasteiger partial charge in [-0.25, -0.2) is 0 Å². The minimum absolute atomic E-state index is 0.213. The van der Waals surface area contributed by atoms with Gasteiger partial charge < -0.3 is 0 Å². The molecule has 1 aromatic rings. The largest absolute Gasteiger partial charge is 0.260 e. The predicted molar refractivity (Wildman–Crippen MR) is 44.8 cm³/mol. The van der Waals surface area contributed by atoms with Gasteiger partial charge in [0, 0.05) is 6.20 Å². The maximum Gasteiger partial charge on any atom is 0.0579 e. The average Bonchev–Trinajstić information content (AvgIpc) is 2.05. The van der Waals surface area contributed by atoms with Crippen molar-refractivity contribution in [3.63, 3.8) is 0 Å². The second-order valence-corrected chi connectivity index (χ2v) is 2.36. The zero-order chi connectivity index (χ0) is 7.40. The molecule has 0 aliphatic rings. The standard InChI is InChI=1S/C7H10N2S/c1-6(9-10)7-4-2-3-5-8-7/h2-6,9-10H,1H3/t6-/m1/s1. The van der Waals surface area contributed by atoms with Gasteiger partial charge in [0.25, 0.3) is 0 Å². The molecule has 3 heteroatoms. The molecule has 0 saturated heterocycles. The van der Waals surface area contributed by atoms with Gasteiger partial charge in [-0.15, -0.1) is 0 Å². The third-order valence-electron chi connectivity index (χ3n) is 1.33. The van der Waals surface area contributed by atoms with Crippen molar-refractivity contribution in [1.29, 1.82) is 0 Å². The lowest BCUT2D eigenvalue weighted by Gasteiger charge is -2.06. The van der Waals surface area contributed by atoms with Gasteiger partial charge in [-0.3, -0.25) is 9.71 Å². The van der Waals surface area contributed by atoms with Gasteiger partial charge in [-0.2, -0.15) is 0 Å². The first kappa shape index (κ1) is 7.57. The first-order chi connectivity index (χ1) is 4.84. The van der Waals surface area contributed by atoms with Crippen LogP contribution in [0.5, 0.6) is 0 Å². The van der Waals surface area contributed by atoms with Crippen LogP contribution in [0.4, 0.5) is 0 Å². The quantitative estimate of drug-likeness (QED) is 0.632. The number of hydrogen-bond donors (Lipinski definition) is 2. The van der Waals surface area contributed by atoms with Gasteiger partial charge in [0.2, 0.25) is 0 Å². The number of rotatable bonds is 2. The molecule has 0 aromatic carbocycles. The fourth-order valence-electron chi connectivity index (χ4n) is 0.698. The molecule has 1 aromatic heterocycles. The molecule has 2 nitrogen and oxygen atoms in total. The van der Waals surface area contributed by atoms with Crippen LogP contribution >= 0.6 is 12.8 Å². The molecule has 54 valence electrons. The molecule has 0 fully saturated rings. The number of thiol groups is 1. The molecule has 0 aliphatic heterocycles. The Morgan fingerprint density at radius 1 is 1.60 bits per heavy atom. The van der Waals surface area contributed by atoms with Crippen LogP contribution in [-0.4, -0.2) is 4.98 Å². The summed E-state index contributed by atoms with van der Waals surface area (Å²) in [4.78, 5) is 4.14. The summed E-state index contributed by atoms with van der Waals surface area (Å²) in [6.07, 6.45) is 1.77. The normalized spacial score (nSPS) is 13.0. The number of aromatic nitrogens is 1. The number of hydrogen-bond acceptors (Lipinski definition) is 3. The molecular formula is C7H10N2S. The van der Waals surface area contributed by atoms with E-state index in [9.17, 15) is 0 Å². The molecule has 0 spiro atoms. The van der Waals surface area contributed by atoms with E-state index < -0.39 is 0 Å². The summed E-state index contributed by atoms with van der Waals surface area (Å²) in [5, 5.41) is 0. The van der Waals surface area contributed by atoms with Gasteiger partial charge >= 0.3 is 0 Å². The summed E-state index contributed by atoms with van der Waals surface area (Å²) in [6, 6.07) is 6.04. The SMILES string of the molecule is C[C@@H](NS)c1ccccn1. The monoisotopic (exact) mass is 154 g/mol. The zero-order valence-corrected chi connectivity index (χ0v) is 6.68. The lowest BCUT2D eigenvalue weighted by atomic mass is 10.2. The zero-order valence-electron chi connectivity index (χ0n) is 5.78. The average molecular weight is 154 g/mol. The highest BCUT2D eigenvalue weighted by Gasteiger charge is 2.00. The number of nitrogens with one attached hydrogen (secondary N) is 1. The summed E-state index contributed by atoms with van der Waals surface area (Å²) >= 11 is 3.94. The smallest absolute Gasteiger partial charge is 0.0579 e. The van der Waals surface area contributed by atoms with Gasteiger partial charge in [0.1, 0.15) is 0 Å². The van der Waals surface area contributed by atoms with Crippen LogP contribution in [0, 0.1) is 0 Å². The Hall–Kier alpha value is -0.540.